The monoisotopic (exact) mass is 588 g/mol. The lowest BCUT2D eigenvalue weighted by atomic mass is 9.58. The molecule has 3 aliphatic carbocycles. The number of nitrogens with zero attached hydrogens (tertiary/aromatic N) is 2. The van der Waals surface area contributed by atoms with Crippen LogP contribution in [0.3, 0.4) is 0 Å². The first-order valence-electron chi connectivity index (χ1n) is 14.0. The summed E-state index contributed by atoms with van der Waals surface area (Å²) in [5, 5.41) is 48.1. The number of aromatic hydroxyl groups is 1. The van der Waals surface area contributed by atoms with Crippen LogP contribution < -0.4 is 11.1 Å². The summed E-state index contributed by atoms with van der Waals surface area (Å²) in [5.74, 6) is -6.78. The number of Topliss-reactive ketones (excluding diaryl/α,β-unsaturated/α-hetero) is 2. The molecule has 0 fully saturated rings. The standard InChI is InChI=1S/C32H36N4O7/c1-31(2,3)35-14-34-17-8-6-15(7-9-17)18-10-11-21(37)23-19(18)12-16-13-20-25(36(4)5)27(39)24(30(33)42)29(41)32(20,43)28(40)22(16)26(23)38/h6-11,14,16,20,25,37,39-40,43H,12-13H2,1-5H3,(H2,33,42)(H,34,35). The van der Waals surface area contributed by atoms with E-state index in [-0.39, 0.29) is 35.3 Å². The van der Waals surface area contributed by atoms with Crippen molar-refractivity contribution in [2.24, 2.45) is 22.6 Å². The number of phenolic OH excluding ortho intramolecular Hbond substituents is 1. The lowest BCUT2D eigenvalue weighted by Gasteiger charge is -2.50. The number of aliphatic hydroxyl groups is 3. The van der Waals surface area contributed by atoms with Gasteiger partial charge >= 0.3 is 0 Å². The Hall–Kier alpha value is -4.48. The minimum atomic E-state index is -2.67. The van der Waals surface area contributed by atoms with Gasteiger partial charge in [-0.1, -0.05) is 18.2 Å². The van der Waals surface area contributed by atoms with E-state index < -0.39 is 58.0 Å². The molecular weight excluding hydrogens is 552 g/mol. The summed E-state index contributed by atoms with van der Waals surface area (Å²) in [6.07, 6.45) is 1.86. The van der Waals surface area contributed by atoms with Crippen LogP contribution in [0.25, 0.3) is 11.1 Å². The Bertz CT molecular complexity index is 1630. The number of hydrogen-bond donors (Lipinski definition) is 6. The van der Waals surface area contributed by atoms with Crippen molar-refractivity contribution in [3.8, 4) is 16.9 Å². The molecular formula is C32H36N4O7. The highest BCUT2D eigenvalue weighted by Crippen LogP contribution is 2.53. The van der Waals surface area contributed by atoms with Crippen molar-refractivity contribution in [2.45, 2.75) is 50.8 Å². The smallest absolute Gasteiger partial charge is 0.255 e. The summed E-state index contributed by atoms with van der Waals surface area (Å²) in [7, 11) is 3.19. The first-order valence-corrected chi connectivity index (χ1v) is 14.0. The molecule has 2 aromatic carbocycles. The fourth-order valence-corrected chi connectivity index (χ4v) is 6.55. The van der Waals surface area contributed by atoms with Gasteiger partial charge in [0.15, 0.2) is 11.4 Å². The number of fused-ring (bicyclic) bond motifs is 3. The Morgan fingerprint density at radius 1 is 1.09 bits per heavy atom. The molecule has 5 rings (SSSR count). The van der Waals surface area contributed by atoms with Gasteiger partial charge in [-0.3, -0.25) is 19.3 Å². The van der Waals surface area contributed by atoms with Crippen LogP contribution in [-0.2, 0) is 16.0 Å². The number of rotatable bonds is 5. The number of aliphatic hydroxyl groups excluding tert-OH is 2. The van der Waals surface area contributed by atoms with Gasteiger partial charge in [0.2, 0.25) is 5.78 Å². The summed E-state index contributed by atoms with van der Waals surface area (Å²) >= 11 is 0. The Balaban J connectivity index is 1.59. The molecule has 2 aromatic rings. The Morgan fingerprint density at radius 3 is 2.33 bits per heavy atom. The number of carbonyl (C=O) groups is 3. The normalized spacial score (nSPS) is 25.6. The number of ketones is 2. The van der Waals surface area contributed by atoms with Gasteiger partial charge < -0.3 is 31.5 Å². The van der Waals surface area contributed by atoms with Gasteiger partial charge in [0.1, 0.15) is 22.8 Å². The molecule has 0 spiro atoms. The van der Waals surface area contributed by atoms with Gasteiger partial charge in [-0.2, -0.15) is 0 Å². The molecule has 0 heterocycles. The zero-order chi connectivity index (χ0) is 31.6. The fraction of sp³-hybridized carbons (Fsp3) is 0.375. The molecule has 4 atom stereocenters. The van der Waals surface area contributed by atoms with E-state index in [9.17, 15) is 34.8 Å². The topological polar surface area (TPSA) is 186 Å². The number of benzene rings is 2. The second kappa shape index (κ2) is 10.4. The van der Waals surface area contributed by atoms with Gasteiger partial charge in [0.05, 0.1) is 23.6 Å². The van der Waals surface area contributed by atoms with Gasteiger partial charge in [0, 0.05) is 17.0 Å². The maximum atomic E-state index is 13.9. The second-order valence-corrected chi connectivity index (χ2v) is 12.6. The first kappa shape index (κ1) is 30.0. The molecule has 43 heavy (non-hydrogen) atoms. The number of aliphatic imine (C=N–C) groups is 1. The van der Waals surface area contributed by atoms with Crippen molar-refractivity contribution in [3.63, 3.8) is 0 Å². The number of allylic oxidation sites excluding steroid dienone is 1. The maximum Gasteiger partial charge on any atom is 0.255 e. The van der Waals surface area contributed by atoms with Gasteiger partial charge in [0.25, 0.3) is 5.91 Å². The van der Waals surface area contributed by atoms with Crippen LogP contribution in [0, 0.1) is 11.8 Å². The maximum absolute atomic E-state index is 13.9. The highest BCUT2D eigenvalue weighted by Gasteiger charge is 2.63. The predicted octanol–water partition coefficient (Wildman–Crippen LogP) is 2.84. The minimum absolute atomic E-state index is 0.0231. The number of phenols is 1. The summed E-state index contributed by atoms with van der Waals surface area (Å²) in [5.41, 5.74) is 4.28. The summed E-state index contributed by atoms with van der Waals surface area (Å²) in [6.45, 7) is 6.07. The molecule has 0 aromatic heterocycles. The first-order chi connectivity index (χ1) is 20.1. The molecule has 226 valence electrons. The van der Waals surface area contributed by atoms with E-state index in [4.69, 9.17) is 5.73 Å². The zero-order valence-corrected chi connectivity index (χ0v) is 24.7. The van der Waals surface area contributed by atoms with Crippen LogP contribution in [0.5, 0.6) is 5.75 Å². The zero-order valence-electron chi connectivity index (χ0n) is 24.7. The van der Waals surface area contributed by atoms with Crippen molar-refractivity contribution in [2.75, 3.05) is 14.1 Å². The van der Waals surface area contributed by atoms with E-state index in [0.29, 0.717) is 16.8 Å². The number of primary amides is 1. The molecule has 1 amide bonds. The molecule has 11 nitrogen and oxygen atoms in total. The average Bonchev–Trinajstić information content (AvgIpc) is 2.90. The third kappa shape index (κ3) is 4.78. The molecule has 4 unspecified atom stereocenters. The van der Waals surface area contributed by atoms with E-state index in [2.05, 4.69) is 10.3 Å². The molecule has 0 radical (unpaired) electrons. The minimum Gasteiger partial charge on any atom is -0.510 e. The number of likely N-dealkylation sites (N-methyl/N-ethyl adjacent to an activating group) is 1. The molecule has 0 bridgehead atoms. The lowest BCUT2D eigenvalue weighted by molar-refractivity contribution is -0.148. The number of nitrogens with one attached hydrogen (secondary N) is 1. The summed E-state index contributed by atoms with van der Waals surface area (Å²) in [4.78, 5) is 45.5. The van der Waals surface area contributed by atoms with Crippen LogP contribution in [0.4, 0.5) is 5.69 Å². The van der Waals surface area contributed by atoms with Crippen LogP contribution in [0.15, 0.2) is 64.1 Å². The highest BCUT2D eigenvalue weighted by atomic mass is 16.3. The Labute approximate surface area is 249 Å². The SMILES string of the molecule is CN(C)C1C(O)=C(C(N)=O)C(=O)C2(O)C(O)=C3C(=O)c4c(O)ccc(-c5ccc(/N=C\NC(C)(C)C)cc5)c4CC3CC12. The van der Waals surface area contributed by atoms with Gasteiger partial charge in [-0.05, 0) is 88.5 Å². The van der Waals surface area contributed by atoms with Crippen molar-refractivity contribution in [1.29, 1.82) is 0 Å². The Morgan fingerprint density at radius 2 is 1.74 bits per heavy atom. The van der Waals surface area contributed by atoms with Crippen LogP contribution >= 0.6 is 0 Å². The van der Waals surface area contributed by atoms with Crippen LogP contribution in [0.2, 0.25) is 0 Å². The number of hydrogen-bond acceptors (Lipinski definition) is 9. The molecule has 0 aliphatic heterocycles. The Kier molecular flexibility index (Phi) is 7.22. The average molecular weight is 589 g/mol. The van der Waals surface area contributed by atoms with E-state index in [0.717, 1.165) is 5.56 Å². The van der Waals surface area contributed by atoms with Gasteiger partial charge in [-0.15, -0.1) is 0 Å². The van der Waals surface area contributed by atoms with E-state index in [1.165, 1.54) is 11.0 Å². The quantitative estimate of drug-likeness (QED) is 0.174. The summed E-state index contributed by atoms with van der Waals surface area (Å²) in [6, 6.07) is 9.45. The number of amides is 1. The molecule has 11 heteroatoms. The van der Waals surface area contributed by atoms with Crippen molar-refractivity contribution in [1.82, 2.24) is 10.2 Å². The summed E-state index contributed by atoms with van der Waals surface area (Å²) < 4.78 is 0. The molecule has 0 saturated carbocycles. The van der Waals surface area contributed by atoms with Crippen molar-refractivity contribution < 1.29 is 34.8 Å². The second-order valence-electron chi connectivity index (χ2n) is 12.6. The third-order valence-corrected chi connectivity index (χ3v) is 8.50. The number of nitrogens with two attached hydrogens (primary N) is 1. The van der Waals surface area contributed by atoms with E-state index in [1.807, 2.05) is 45.0 Å². The molecule has 0 saturated heterocycles. The third-order valence-electron chi connectivity index (χ3n) is 8.50. The largest absolute Gasteiger partial charge is 0.510 e. The highest BCUT2D eigenvalue weighted by molar-refractivity contribution is 6.24. The van der Waals surface area contributed by atoms with Crippen molar-refractivity contribution >= 4 is 29.5 Å². The molecule has 3 aliphatic rings. The van der Waals surface area contributed by atoms with E-state index >= 15 is 0 Å². The molecule has 7 N–H and O–H groups in total. The van der Waals surface area contributed by atoms with Gasteiger partial charge in [-0.25, -0.2) is 4.99 Å². The fourth-order valence-electron chi connectivity index (χ4n) is 6.55. The number of carbonyl (C=O) groups excluding carboxylic acids is 3. The van der Waals surface area contributed by atoms with Crippen LogP contribution in [-0.4, -0.2) is 80.4 Å². The van der Waals surface area contributed by atoms with E-state index in [1.54, 1.807) is 26.5 Å². The lowest BCUT2D eigenvalue weighted by Crippen LogP contribution is -2.63. The van der Waals surface area contributed by atoms with Crippen LogP contribution in [0.1, 0.15) is 43.1 Å². The predicted molar refractivity (Wildman–Crippen MR) is 160 cm³/mol. The van der Waals surface area contributed by atoms with Crippen molar-refractivity contribution in [3.05, 3.63) is 70.2 Å².